The topological polar surface area (TPSA) is 75.7 Å². The van der Waals surface area contributed by atoms with Crippen LogP contribution in [-0.4, -0.2) is 34.0 Å². The molecule has 1 amide bonds. The minimum atomic E-state index is -3.97. The Kier molecular flexibility index (Phi) is 6.17. The van der Waals surface area contributed by atoms with Gasteiger partial charge in [0.2, 0.25) is 5.91 Å². The van der Waals surface area contributed by atoms with Gasteiger partial charge in [-0.25, -0.2) is 8.42 Å². The van der Waals surface area contributed by atoms with E-state index in [9.17, 15) is 13.2 Å². The zero-order chi connectivity index (χ0) is 22.2. The molecule has 0 aliphatic heterocycles. The molecule has 2 bridgehead atoms. The highest BCUT2D eigenvalue weighted by Crippen LogP contribution is 2.44. The largest absolute Gasteiger partial charge is 0.495 e. The molecule has 2 aromatic rings. The first-order valence-electron chi connectivity index (χ1n) is 10.5. The molecule has 0 radical (unpaired) electrons. The molecule has 1 N–H and O–H groups in total. The summed E-state index contributed by atoms with van der Waals surface area (Å²) in [6.45, 7) is 1.58. The van der Waals surface area contributed by atoms with Crippen molar-refractivity contribution in [2.45, 2.75) is 43.5 Å². The number of sulfonamides is 1. The van der Waals surface area contributed by atoms with Gasteiger partial charge in [0.05, 0.1) is 22.7 Å². The highest BCUT2D eigenvalue weighted by Gasteiger charge is 2.40. The number of carbonyl (C=O) groups is 1. The molecule has 3 atom stereocenters. The highest BCUT2D eigenvalue weighted by molar-refractivity contribution is 7.92. The van der Waals surface area contributed by atoms with E-state index < -0.39 is 10.0 Å². The molecule has 0 spiro atoms. The van der Waals surface area contributed by atoms with Gasteiger partial charge in [-0.2, -0.15) is 0 Å². The maximum Gasteiger partial charge on any atom is 0.264 e. The number of hydrogen-bond donors (Lipinski definition) is 1. The normalized spacial score (nSPS) is 22.4. The van der Waals surface area contributed by atoms with Crippen LogP contribution >= 0.6 is 11.6 Å². The van der Waals surface area contributed by atoms with Crippen molar-refractivity contribution >= 4 is 33.2 Å². The van der Waals surface area contributed by atoms with Gasteiger partial charge in [-0.05, 0) is 68.4 Å². The second kappa shape index (κ2) is 8.71. The maximum absolute atomic E-state index is 13.5. The minimum absolute atomic E-state index is 0.123. The smallest absolute Gasteiger partial charge is 0.264 e. The van der Waals surface area contributed by atoms with Crippen LogP contribution in [0.15, 0.2) is 47.4 Å². The number of amides is 1. The van der Waals surface area contributed by atoms with Crippen molar-refractivity contribution in [1.29, 1.82) is 0 Å². The molecule has 31 heavy (non-hydrogen) atoms. The predicted octanol–water partition coefficient (Wildman–Crippen LogP) is 4.16. The van der Waals surface area contributed by atoms with Gasteiger partial charge in [0, 0.05) is 6.04 Å². The van der Waals surface area contributed by atoms with Gasteiger partial charge < -0.3 is 10.1 Å². The summed E-state index contributed by atoms with van der Waals surface area (Å²) in [6.07, 6.45) is 4.50. The van der Waals surface area contributed by atoms with Gasteiger partial charge in [0.1, 0.15) is 12.3 Å². The van der Waals surface area contributed by atoms with Gasteiger partial charge in [0.25, 0.3) is 10.0 Å². The lowest BCUT2D eigenvalue weighted by Gasteiger charge is -2.27. The zero-order valence-corrected chi connectivity index (χ0v) is 19.2. The van der Waals surface area contributed by atoms with Crippen LogP contribution < -0.4 is 14.4 Å². The van der Waals surface area contributed by atoms with Crippen LogP contribution in [0, 0.1) is 18.8 Å². The lowest BCUT2D eigenvalue weighted by Crippen LogP contribution is -2.46. The van der Waals surface area contributed by atoms with E-state index in [4.69, 9.17) is 16.3 Å². The zero-order valence-electron chi connectivity index (χ0n) is 17.7. The van der Waals surface area contributed by atoms with E-state index in [1.165, 1.54) is 19.6 Å². The fourth-order valence-electron chi connectivity index (χ4n) is 4.77. The fourth-order valence-corrected chi connectivity index (χ4v) is 6.43. The number of aryl methyl sites for hydroxylation is 1. The molecule has 6 nitrogen and oxygen atoms in total. The van der Waals surface area contributed by atoms with E-state index in [1.807, 2.05) is 6.92 Å². The Morgan fingerprint density at radius 1 is 1.16 bits per heavy atom. The van der Waals surface area contributed by atoms with Crippen molar-refractivity contribution in [2.75, 3.05) is 18.0 Å². The first kappa shape index (κ1) is 22.0. The number of anilines is 1. The third-order valence-corrected chi connectivity index (χ3v) is 8.49. The van der Waals surface area contributed by atoms with Crippen LogP contribution in [0.4, 0.5) is 5.69 Å². The quantitative estimate of drug-likeness (QED) is 0.670. The highest BCUT2D eigenvalue weighted by atomic mass is 35.5. The number of hydrogen-bond acceptors (Lipinski definition) is 4. The number of methoxy groups -OCH3 is 1. The second-order valence-electron chi connectivity index (χ2n) is 8.49. The average Bonchev–Trinajstić information content (AvgIpc) is 3.35. The molecule has 0 unspecified atom stereocenters. The number of fused-ring (bicyclic) bond motifs is 2. The van der Waals surface area contributed by atoms with E-state index in [0.29, 0.717) is 23.3 Å². The second-order valence-corrected chi connectivity index (χ2v) is 10.8. The van der Waals surface area contributed by atoms with Crippen molar-refractivity contribution in [3.8, 4) is 5.75 Å². The first-order valence-corrected chi connectivity index (χ1v) is 12.3. The summed E-state index contributed by atoms with van der Waals surface area (Å²) in [5.41, 5.74) is 1.27. The summed E-state index contributed by atoms with van der Waals surface area (Å²) in [7, 11) is -2.48. The molecular formula is C23H27ClN2O4S. The summed E-state index contributed by atoms with van der Waals surface area (Å²) in [5, 5.41) is 3.35. The molecule has 2 aliphatic rings. The molecule has 2 saturated carbocycles. The van der Waals surface area contributed by atoms with Crippen molar-refractivity contribution in [3.63, 3.8) is 0 Å². The van der Waals surface area contributed by atoms with Crippen molar-refractivity contribution in [3.05, 3.63) is 53.1 Å². The monoisotopic (exact) mass is 462 g/mol. The number of nitrogens with zero attached hydrogens (tertiary/aromatic N) is 1. The number of carbonyl (C=O) groups excluding carboxylic acids is 1. The van der Waals surface area contributed by atoms with Crippen molar-refractivity contribution < 1.29 is 17.9 Å². The Hall–Kier alpha value is -2.25. The van der Waals surface area contributed by atoms with Gasteiger partial charge in [-0.3, -0.25) is 9.10 Å². The van der Waals surface area contributed by atoms with E-state index in [0.717, 1.165) is 29.1 Å². The molecule has 2 aromatic carbocycles. The standard InChI is InChI=1S/C23H27ClN2O4S/c1-15-3-8-19(9-4-15)31(28,29)26(18-7-10-22(30-2)20(24)13-18)14-23(27)25-21-12-16-5-6-17(21)11-16/h3-4,7-10,13,16-17,21H,5-6,11-12,14H2,1-2H3,(H,25,27)/t16-,17+,21+/m0/s1. The third kappa shape index (κ3) is 4.53. The SMILES string of the molecule is COc1ccc(N(CC(=O)N[C@@H]2C[C@H]3CC[C@@H]2C3)S(=O)(=O)c2ccc(C)cc2)cc1Cl. The first-order chi connectivity index (χ1) is 14.8. The molecule has 4 rings (SSSR count). The molecule has 0 heterocycles. The van der Waals surface area contributed by atoms with E-state index in [2.05, 4.69) is 5.32 Å². The molecule has 166 valence electrons. The van der Waals surface area contributed by atoms with Gasteiger partial charge in [-0.1, -0.05) is 35.7 Å². The third-order valence-electron chi connectivity index (χ3n) is 6.40. The van der Waals surface area contributed by atoms with Crippen LogP contribution in [0.1, 0.15) is 31.2 Å². The average molecular weight is 463 g/mol. The van der Waals surface area contributed by atoms with Crippen LogP contribution in [0.5, 0.6) is 5.75 Å². The van der Waals surface area contributed by atoms with Gasteiger partial charge in [0.15, 0.2) is 0 Å². The van der Waals surface area contributed by atoms with Crippen molar-refractivity contribution in [2.24, 2.45) is 11.8 Å². The Labute approximate surface area is 188 Å². The van der Waals surface area contributed by atoms with Crippen LogP contribution in [0.25, 0.3) is 0 Å². The predicted molar refractivity (Wildman–Crippen MR) is 121 cm³/mol. The summed E-state index contributed by atoms with van der Waals surface area (Å²) in [4.78, 5) is 13.0. The number of nitrogens with one attached hydrogen (secondary N) is 1. The maximum atomic E-state index is 13.5. The number of benzene rings is 2. The molecule has 2 aliphatic carbocycles. The summed E-state index contributed by atoms with van der Waals surface area (Å²) in [6, 6.07) is 11.4. The van der Waals surface area contributed by atoms with Gasteiger partial charge in [-0.15, -0.1) is 0 Å². The molecule has 8 heteroatoms. The van der Waals surface area contributed by atoms with E-state index in [-0.39, 0.29) is 28.4 Å². The molecule has 0 aromatic heterocycles. The lowest BCUT2D eigenvalue weighted by atomic mass is 9.95. The molecular weight excluding hydrogens is 436 g/mol. The summed E-state index contributed by atoms with van der Waals surface area (Å²) >= 11 is 6.26. The fraction of sp³-hybridized carbons (Fsp3) is 0.435. The lowest BCUT2D eigenvalue weighted by molar-refractivity contribution is -0.120. The Morgan fingerprint density at radius 2 is 1.90 bits per heavy atom. The van der Waals surface area contributed by atoms with E-state index in [1.54, 1.807) is 36.4 Å². The Balaban J connectivity index is 1.62. The van der Waals surface area contributed by atoms with Crippen LogP contribution in [0.2, 0.25) is 5.02 Å². The Bertz CT molecular complexity index is 1070. The summed E-state index contributed by atoms with van der Waals surface area (Å²) in [5.74, 6) is 1.32. The molecule has 2 fully saturated rings. The number of halogens is 1. The number of ether oxygens (including phenoxy) is 1. The van der Waals surface area contributed by atoms with Crippen molar-refractivity contribution in [1.82, 2.24) is 5.32 Å². The van der Waals surface area contributed by atoms with E-state index >= 15 is 0 Å². The Morgan fingerprint density at radius 3 is 2.48 bits per heavy atom. The summed E-state index contributed by atoms with van der Waals surface area (Å²) < 4.78 is 33.3. The van der Waals surface area contributed by atoms with Gasteiger partial charge >= 0.3 is 0 Å². The van der Waals surface area contributed by atoms with Crippen LogP contribution in [0.3, 0.4) is 0 Å². The van der Waals surface area contributed by atoms with Crippen LogP contribution in [-0.2, 0) is 14.8 Å². The molecule has 0 saturated heterocycles. The minimum Gasteiger partial charge on any atom is -0.495 e. The number of rotatable bonds is 7.